The number of hydrogen-bond acceptors (Lipinski definition) is 4. The van der Waals surface area contributed by atoms with Gasteiger partial charge in [-0.05, 0) is 50.5 Å². The Balaban J connectivity index is 2.42. The SMILES string of the molecule is CC[C@H](C)NC(=O)COC(=O)COc1c(C)cc(Cl)cc1C. The van der Waals surface area contributed by atoms with Gasteiger partial charge >= 0.3 is 5.97 Å². The summed E-state index contributed by atoms with van der Waals surface area (Å²) in [5.74, 6) is -0.306. The second kappa shape index (κ2) is 8.63. The summed E-state index contributed by atoms with van der Waals surface area (Å²) in [6.07, 6.45) is 0.817. The van der Waals surface area contributed by atoms with E-state index in [9.17, 15) is 9.59 Å². The Morgan fingerprint density at radius 3 is 2.36 bits per heavy atom. The number of ether oxygens (including phenoxy) is 2. The maximum absolute atomic E-state index is 11.6. The van der Waals surface area contributed by atoms with Gasteiger partial charge in [0.05, 0.1) is 0 Å². The molecule has 0 radical (unpaired) electrons. The van der Waals surface area contributed by atoms with Crippen LogP contribution < -0.4 is 10.1 Å². The third-order valence-corrected chi connectivity index (χ3v) is 3.36. The Kier molecular flexibility index (Phi) is 7.18. The molecule has 1 rings (SSSR count). The van der Waals surface area contributed by atoms with Crippen LogP contribution in [-0.2, 0) is 14.3 Å². The van der Waals surface area contributed by atoms with E-state index in [1.54, 1.807) is 12.1 Å². The van der Waals surface area contributed by atoms with Gasteiger partial charge in [-0.3, -0.25) is 4.79 Å². The third kappa shape index (κ3) is 5.93. The molecule has 22 heavy (non-hydrogen) atoms. The summed E-state index contributed by atoms with van der Waals surface area (Å²) in [5.41, 5.74) is 1.68. The van der Waals surface area contributed by atoms with Crippen molar-refractivity contribution in [3.8, 4) is 5.75 Å². The largest absolute Gasteiger partial charge is 0.481 e. The molecule has 1 amide bonds. The number of nitrogens with one attached hydrogen (secondary N) is 1. The van der Waals surface area contributed by atoms with Crippen molar-refractivity contribution in [1.29, 1.82) is 0 Å². The molecule has 0 bridgehead atoms. The van der Waals surface area contributed by atoms with Gasteiger partial charge in [0.2, 0.25) is 0 Å². The van der Waals surface area contributed by atoms with Crippen molar-refractivity contribution in [2.45, 2.75) is 40.2 Å². The fourth-order valence-electron chi connectivity index (χ4n) is 1.86. The zero-order chi connectivity index (χ0) is 16.7. The molecule has 0 spiro atoms. The second-order valence-electron chi connectivity index (χ2n) is 5.19. The van der Waals surface area contributed by atoms with Crippen molar-refractivity contribution in [3.63, 3.8) is 0 Å². The van der Waals surface area contributed by atoms with Crippen LogP contribution in [0.15, 0.2) is 12.1 Å². The van der Waals surface area contributed by atoms with Crippen molar-refractivity contribution in [2.75, 3.05) is 13.2 Å². The molecule has 0 heterocycles. The van der Waals surface area contributed by atoms with E-state index in [1.807, 2.05) is 27.7 Å². The Hall–Kier alpha value is -1.75. The van der Waals surface area contributed by atoms with E-state index in [0.717, 1.165) is 17.5 Å². The fraction of sp³-hybridized carbons (Fsp3) is 0.500. The summed E-state index contributed by atoms with van der Waals surface area (Å²) in [5, 5.41) is 3.33. The van der Waals surface area contributed by atoms with E-state index in [2.05, 4.69) is 5.32 Å². The lowest BCUT2D eigenvalue weighted by Gasteiger charge is -2.13. The molecule has 0 saturated heterocycles. The van der Waals surface area contributed by atoms with E-state index >= 15 is 0 Å². The summed E-state index contributed by atoms with van der Waals surface area (Å²) in [6, 6.07) is 3.57. The van der Waals surface area contributed by atoms with Gasteiger partial charge in [-0.2, -0.15) is 0 Å². The number of rotatable bonds is 7. The highest BCUT2D eigenvalue weighted by Gasteiger charge is 2.12. The molecule has 122 valence electrons. The van der Waals surface area contributed by atoms with Gasteiger partial charge in [0.25, 0.3) is 5.91 Å². The van der Waals surface area contributed by atoms with Crippen molar-refractivity contribution in [2.24, 2.45) is 0 Å². The first kappa shape index (κ1) is 18.3. The van der Waals surface area contributed by atoms with Crippen molar-refractivity contribution in [3.05, 3.63) is 28.3 Å². The molecule has 1 atom stereocenters. The van der Waals surface area contributed by atoms with Crippen LogP contribution in [0.1, 0.15) is 31.4 Å². The number of esters is 1. The molecule has 6 heteroatoms. The Morgan fingerprint density at radius 1 is 1.23 bits per heavy atom. The molecule has 0 aliphatic heterocycles. The average Bonchev–Trinajstić information content (AvgIpc) is 2.43. The number of halogens is 1. The van der Waals surface area contributed by atoms with Crippen LogP contribution in [0.2, 0.25) is 5.02 Å². The van der Waals surface area contributed by atoms with Crippen LogP contribution in [0.25, 0.3) is 0 Å². The Morgan fingerprint density at radius 2 is 1.82 bits per heavy atom. The normalized spacial score (nSPS) is 11.7. The van der Waals surface area contributed by atoms with Gasteiger partial charge in [-0.1, -0.05) is 18.5 Å². The van der Waals surface area contributed by atoms with Crippen LogP contribution >= 0.6 is 11.6 Å². The highest BCUT2D eigenvalue weighted by atomic mass is 35.5. The smallest absolute Gasteiger partial charge is 0.344 e. The number of carbonyl (C=O) groups is 2. The standard InChI is InChI=1S/C16H22ClNO4/c1-5-12(4)18-14(19)8-21-15(20)9-22-16-10(2)6-13(17)7-11(16)3/h6-7,12H,5,8-9H2,1-4H3,(H,18,19)/t12-/m0/s1. The highest BCUT2D eigenvalue weighted by Crippen LogP contribution is 2.26. The van der Waals surface area contributed by atoms with E-state index < -0.39 is 5.97 Å². The maximum atomic E-state index is 11.6. The summed E-state index contributed by atoms with van der Waals surface area (Å²) in [4.78, 5) is 23.1. The lowest BCUT2D eigenvalue weighted by atomic mass is 10.1. The van der Waals surface area contributed by atoms with E-state index in [0.29, 0.717) is 10.8 Å². The number of amides is 1. The molecule has 1 aromatic rings. The molecule has 0 aromatic heterocycles. The van der Waals surface area contributed by atoms with Crippen LogP contribution in [0.4, 0.5) is 0 Å². The first-order chi connectivity index (χ1) is 10.3. The number of aryl methyl sites for hydroxylation is 2. The zero-order valence-electron chi connectivity index (χ0n) is 13.4. The summed E-state index contributed by atoms with van der Waals surface area (Å²) in [7, 11) is 0. The fourth-order valence-corrected chi connectivity index (χ4v) is 2.19. The molecule has 0 aliphatic rings. The molecule has 1 aromatic carbocycles. The predicted molar refractivity (Wildman–Crippen MR) is 85.3 cm³/mol. The summed E-state index contributed by atoms with van der Waals surface area (Å²) < 4.78 is 10.3. The Labute approximate surface area is 135 Å². The predicted octanol–water partition coefficient (Wildman–Crippen LogP) is 2.79. The molecule has 0 unspecified atom stereocenters. The van der Waals surface area contributed by atoms with E-state index in [4.69, 9.17) is 21.1 Å². The molecular formula is C16H22ClNO4. The molecule has 0 fully saturated rings. The first-order valence-electron chi connectivity index (χ1n) is 7.18. The van der Waals surface area contributed by atoms with Crippen LogP contribution in [0.3, 0.4) is 0 Å². The van der Waals surface area contributed by atoms with Crippen molar-refractivity contribution >= 4 is 23.5 Å². The van der Waals surface area contributed by atoms with Gasteiger partial charge < -0.3 is 14.8 Å². The lowest BCUT2D eigenvalue weighted by molar-refractivity contribution is -0.150. The number of carbonyl (C=O) groups excluding carboxylic acids is 2. The maximum Gasteiger partial charge on any atom is 0.344 e. The molecule has 5 nitrogen and oxygen atoms in total. The van der Waals surface area contributed by atoms with Gasteiger partial charge in [-0.25, -0.2) is 4.79 Å². The summed E-state index contributed by atoms with van der Waals surface area (Å²) >= 11 is 5.93. The highest BCUT2D eigenvalue weighted by molar-refractivity contribution is 6.30. The third-order valence-electron chi connectivity index (χ3n) is 3.14. The van der Waals surface area contributed by atoms with Crippen molar-refractivity contribution < 1.29 is 19.1 Å². The minimum absolute atomic E-state index is 0.0572. The topological polar surface area (TPSA) is 64.6 Å². The van der Waals surface area contributed by atoms with Gasteiger partial charge in [-0.15, -0.1) is 0 Å². The van der Waals surface area contributed by atoms with Crippen LogP contribution in [-0.4, -0.2) is 31.1 Å². The first-order valence-corrected chi connectivity index (χ1v) is 7.55. The van der Waals surface area contributed by atoms with E-state index in [-0.39, 0.29) is 25.2 Å². The number of benzene rings is 1. The van der Waals surface area contributed by atoms with Crippen LogP contribution in [0.5, 0.6) is 5.75 Å². The summed E-state index contributed by atoms with van der Waals surface area (Å²) in [6.45, 7) is 6.99. The van der Waals surface area contributed by atoms with Crippen molar-refractivity contribution in [1.82, 2.24) is 5.32 Å². The van der Waals surface area contributed by atoms with Gasteiger partial charge in [0.1, 0.15) is 5.75 Å². The molecular weight excluding hydrogens is 306 g/mol. The quantitative estimate of drug-likeness (QED) is 0.782. The van der Waals surface area contributed by atoms with Gasteiger partial charge in [0, 0.05) is 11.1 Å². The minimum atomic E-state index is -0.590. The average molecular weight is 328 g/mol. The Bertz CT molecular complexity index is 522. The van der Waals surface area contributed by atoms with Crippen LogP contribution in [0, 0.1) is 13.8 Å². The minimum Gasteiger partial charge on any atom is -0.481 e. The molecule has 0 aliphatic carbocycles. The second-order valence-corrected chi connectivity index (χ2v) is 5.63. The van der Waals surface area contributed by atoms with E-state index in [1.165, 1.54) is 0 Å². The number of hydrogen-bond donors (Lipinski definition) is 1. The monoisotopic (exact) mass is 327 g/mol. The van der Waals surface area contributed by atoms with Gasteiger partial charge in [0.15, 0.2) is 13.2 Å². The molecule has 1 N–H and O–H groups in total. The zero-order valence-corrected chi connectivity index (χ0v) is 14.1. The molecule has 0 saturated carbocycles. The lowest BCUT2D eigenvalue weighted by Crippen LogP contribution is -2.35.